The van der Waals surface area contributed by atoms with E-state index in [9.17, 15) is 4.79 Å². The van der Waals surface area contributed by atoms with Crippen molar-refractivity contribution in [2.24, 2.45) is 0 Å². The van der Waals surface area contributed by atoms with Crippen LogP contribution in [-0.2, 0) is 30.6 Å². The predicted octanol–water partition coefficient (Wildman–Crippen LogP) is 6.40. The monoisotopic (exact) mass is 556 g/mol. The molecule has 2 aromatic carbocycles. The van der Waals surface area contributed by atoms with E-state index in [-0.39, 0.29) is 11.7 Å². The average molecular weight is 558 g/mol. The Hall–Kier alpha value is -2.58. The lowest BCUT2D eigenvalue weighted by molar-refractivity contribution is -0.113. The molecule has 0 radical (unpaired) electrons. The van der Waals surface area contributed by atoms with Gasteiger partial charge in [0.05, 0.1) is 12.4 Å². The Balaban J connectivity index is 1.57. The molecule has 0 aliphatic rings. The predicted molar refractivity (Wildman–Crippen MR) is 147 cm³/mol. The first-order valence-corrected chi connectivity index (χ1v) is 13.7. The van der Waals surface area contributed by atoms with E-state index < -0.39 is 0 Å². The fourth-order valence-corrected chi connectivity index (χ4v) is 5.06. The standard InChI is InChI=1S/C27H33BrN4O2S/c1-5-15-32-24(12-9-16-34-23-14-13-22(28)17-19(23)4)30-31-27(32)35-18-25(33)29-26-20(6-2)10-8-11-21(26)7-3/h5,8,10-11,13-14,17H,1,6-7,9,12,15-16,18H2,2-4H3,(H,29,33). The summed E-state index contributed by atoms with van der Waals surface area (Å²) in [7, 11) is 0. The quantitative estimate of drug-likeness (QED) is 0.150. The number of hydrogen-bond donors (Lipinski definition) is 1. The molecule has 6 nitrogen and oxygen atoms in total. The van der Waals surface area contributed by atoms with Crippen LogP contribution in [0.1, 0.15) is 42.8 Å². The lowest BCUT2D eigenvalue weighted by Gasteiger charge is -2.14. The summed E-state index contributed by atoms with van der Waals surface area (Å²) in [6.45, 7) is 11.3. The van der Waals surface area contributed by atoms with Gasteiger partial charge in [-0.3, -0.25) is 4.79 Å². The van der Waals surface area contributed by atoms with Crippen LogP contribution < -0.4 is 10.1 Å². The third kappa shape index (κ3) is 7.45. The number of halogens is 1. The van der Waals surface area contributed by atoms with Crippen LogP contribution in [0.15, 0.2) is 58.7 Å². The minimum Gasteiger partial charge on any atom is -0.493 e. The summed E-state index contributed by atoms with van der Waals surface area (Å²) in [6, 6.07) is 12.2. The van der Waals surface area contributed by atoms with Crippen molar-refractivity contribution < 1.29 is 9.53 Å². The van der Waals surface area contributed by atoms with Crippen LogP contribution in [0.2, 0.25) is 0 Å². The van der Waals surface area contributed by atoms with Gasteiger partial charge in [0.1, 0.15) is 11.6 Å². The lowest BCUT2D eigenvalue weighted by Crippen LogP contribution is -2.17. The van der Waals surface area contributed by atoms with Gasteiger partial charge in [0.15, 0.2) is 5.16 Å². The molecule has 0 saturated heterocycles. The summed E-state index contributed by atoms with van der Waals surface area (Å²) in [5.41, 5.74) is 4.34. The molecule has 0 spiro atoms. The summed E-state index contributed by atoms with van der Waals surface area (Å²) in [6.07, 6.45) is 5.11. The Labute approximate surface area is 220 Å². The van der Waals surface area contributed by atoms with Crippen LogP contribution in [0.3, 0.4) is 0 Å². The highest BCUT2D eigenvalue weighted by atomic mass is 79.9. The minimum atomic E-state index is -0.0430. The maximum absolute atomic E-state index is 12.8. The molecule has 1 aromatic heterocycles. The number of aromatic nitrogens is 3. The highest BCUT2D eigenvalue weighted by molar-refractivity contribution is 9.10. The molecule has 186 valence electrons. The van der Waals surface area contributed by atoms with Crippen LogP contribution in [0, 0.1) is 6.92 Å². The molecule has 35 heavy (non-hydrogen) atoms. The second kappa shape index (κ2) is 13.5. The number of para-hydroxylation sites is 1. The molecule has 3 rings (SSSR count). The highest BCUT2D eigenvalue weighted by Gasteiger charge is 2.15. The van der Waals surface area contributed by atoms with Crippen molar-refractivity contribution in [2.45, 2.75) is 58.2 Å². The van der Waals surface area contributed by atoms with Crippen LogP contribution in [0.5, 0.6) is 5.75 Å². The number of amides is 1. The van der Waals surface area contributed by atoms with Gasteiger partial charge >= 0.3 is 0 Å². The van der Waals surface area contributed by atoms with Gasteiger partial charge in [-0.2, -0.15) is 0 Å². The second-order valence-corrected chi connectivity index (χ2v) is 10.0. The van der Waals surface area contributed by atoms with E-state index in [1.165, 1.54) is 11.8 Å². The van der Waals surface area contributed by atoms with Gasteiger partial charge in [-0.25, -0.2) is 0 Å². The number of rotatable bonds is 13. The first kappa shape index (κ1) is 27.0. The average Bonchev–Trinajstić information content (AvgIpc) is 3.23. The maximum Gasteiger partial charge on any atom is 0.234 e. The first-order valence-electron chi connectivity index (χ1n) is 11.9. The molecule has 0 saturated carbocycles. The van der Waals surface area contributed by atoms with Crippen molar-refractivity contribution >= 4 is 39.3 Å². The van der Waals surface area contributed by atoms with Crippen LogP contribution in [-0.4, -0.2) is 33.0 Å². The van der Waals surface area contributed by atoms with Gasteiger partial charge in [0.2, 0.25) is 5.91 Å². The van der Waals surface area contributed by atoms with E-state index in [1.807, 2.05) is 41.8 Å². The van der Waals surface area contributed by atoms with Crippen molar-refractivity contribution in [3.8, 4) is 5.75 Å². The number of allylic oxidation sites excluding steroid dienone is 1. The molecule has 0 aliphatic carbocycles. The molecule has 3 aromatic rings. The molecule has 8 heteroatoms. The van der Waals surface area contributed by atoms with Crippen molar-refractivity contribution in [1.29, 1.82) is 0 Å². The van der Waals surface area contributed by atoms with E-state index in [2.05, 4.69) is 64.0 Å². The zero-order chi connectivity index (χ0) is 25.2. The van der Waals surface area contributed by atoms with Crippen LogP contribution in [0.4, 0.5) is 5.69 Å². The minimum absolute atomic E-state index is 0.0430. The van der Waals surface area contributed by atoms with E-state index in [0.717, 1.165) is 69.3 Å². The molecule has 0 atom stereocenters. The van der Waals surface area contributed by atoms with E-state index >= 15 is 0 Å². The van der Waals surface area contributed by atoms with Crippen molar-refractivity contribution in [1.82, 2.24) is 14.8 Å². The lowest BCUT2D eigenvalue weighted by atomic mass is 10.0. The Morgan fingerprint density at radius 1 is 1.20 bits per heavy atom. The fourth-order valence-electron chi connectivity index (χ4n) is 3.82. The zero-order valence-electron chi connectivity index (χ0n) is 20.6. The van der Waals surface area contributed by atoms with Crippen molar-refractivity contribution in [3.05, 3.63) is 76.0 Å². The molecule has 0 unspecified atom stereocenters. The summed E-state index contributed by atoms with van der Waals surface area (Å²) in [5, 5.41) is 12.6. The number of anilines is 1. The molecular formula is C27H33BrN4O2S. The Kier molecular flexibility index (Phi) is 10.4. The van der Waals surface area contributed by atoms with Gasteiger partial charge < -0.3 is 14.6 Å². The third-order valence-electron chi connectivity index (χ3n) is 5.64. The highest BCUT2D eigenvalue weighted by Crippen LogP contribution is 2.25. The number of hydrogen-bond acceptors (Lipinski definition) is 5. The fraction of sp³-hybridized carbons (Fsp3) is 0.370. The van der Waals surface area contributed by atoms with Crippen molar-refractivity contribution in [3.63, 3.8) is 0 Å². The maximum atomic E-state index is 12.8. The molecule has 1 amide bonds. The SMILES string of the molecule is C=CCn1c(CCCOc2ccc(Br)cc2C)nnc1SCC(=O)Nc1c(CC)cccc1CC. The summed E-state index contributed by atoms with van der Waals surface area (Å²) < 4.78 is 9.00. The normalized spacial score (nSPS) is 10.9. The van der Waals surface area contributed by atoms with Crippen LogP contribution in [0.25, 0.3) is 0 Å². The largest absolute Gasteiger partial charge is 0.493 e. The first-order chi connectivity index (χ1) is 17.0. The summed E-state index contributed by atoms with van der Waals surface area (Å²) >= 11 is 4.87. The molecule has 0 fully saturated rings. The van der Waals surface area contributed by atoms with E-state index in [0.29, 0.717) is 13.2 Å². The smallest absolute Gasteiger partial charge is 0.234 e. The third-order valence-corrected chi connectivity index (χ3v) is 7.10. The van der Waals surface area contributed by atoms with Gasteiger partial charge in [-0.1, -0.05) is 65.8 Å². The Morgan fingerprint density at radius 2 is 1.94 bits per heavy atom. The van der Waals surface area contributed by atoms with Crippen LogP contribution >= 0.6 is 27.7 Å². The number of ether oxygens (including phenoxy) is 1. The number of thioether (sulfide) groups is 1. The number of carbonyl (C=O) groups excluding carboxylic acids is 1. The number of aryl methyl sites for hydroxylation is 4. The number of carbonyl (C=O) groups is 1. The number of nitrogens with zero attached hydrogens (tertiary/aromatic N) is 3. The number of nitrogens with one attached hydrogen (secondary N) is 1. The molecular weight excluding hydrogens is 524 g/mol. The zero-order valence-corrected chi connectivity index (χ0v) is 23.0. The van der Waals surface area contributed by atoms with Crippen molar-refractivity contribution in [2.75, 3.05) is 17.7 Å². The van der Waals surface area contributed by atoms with E-state index in [4.69, 9.17) is 4.74 Å². The second-order valence-electron chi connectivity index (χ2n) is 8.16. The van der Waals surface area contributed by atoms with Gasteiger partial charge in [0, 0.05) is 23.1 Å². The molecule has 0 aliphatic heterocycles. The topological polar surface area (TPSA) is 69.0 Å². The van der Waals surface area contributed by atoms with Gasteiger partial charge in [0.25, 0.3) is 0 Å². The molecule has 0 bridgehead atoms. The molecule has 1 heterocycles. The van der Waals surface area contributed by atoms with E-state index in [1.54, 1.807) is 0 Å². The summed E-state index contributed by atoms with van der Waals surface area (Å²) in [4.78, 5) is 12.8. The van der Waals surface area contributed by atoms with Gasteiger partial charge in [-0.05, 0) is 61.1 Å². The Bertz CT molecular complexity index is 1140. The number of benzene rings is 2. The summed E-state index contributed by atoms with van der Waals surface area (Å²) in [5.74, 6) is 1.98. The molecule has 1 N–H and O–H groups in total. The van der Waals surface area contributed by atoms with Gasteiger partial charge in [-0.15, -0.1) is 16.8 Å². The Morgan fingerprint density at radius 3 is 2.60 bits per heavy atom.